The van der Waals surface area contributed by atoms with Crippen LogP contribution in [0.5, 0.6) is 0 Å². The molecule has 6 heteroatoms. The Hall–Kier alpha value is -1.69. The van der Waals surface area contributed by atoms with Crippen molar-refractivity contribution in [3.63, 3.8) is 0 Å². The van der Waals surface area contributed by atoms with Crippen molar-refractivity contribution in [3.8, 4) is 0 Å². The fourth-order valence-electron chi connectivity index (χ4n) is 1.23. The van der Waals surface area contributed by atoms with Crippen LogP contribution in [0, 0.1) is 10.1 Å². The summed E-state index contributed by atoms with van der Waals surface area (Å²) < 4.78 is 0. The monoisotopic (exact) mass is 253 g/mol. The number of rotatable bonds is 2. The summed E-state index contributed by atoms with van der Waals surface area (Å²) in [5.74, 6) is 0. The minimum absolute atomic E-state index is 0.00515. The van der Waals surface area contributed by atoms with E-state index in [-0.39, 0.29) is 11.2 Å². The number of nitrogens with one attached hydrogen (secondary N) is 2. The number of hydrogen-bond donors (Lipinski definition) is 2. The van der Waals surface area contributed by atoms with Gasteiger partial charge in [0.25, 0.3) is 5.69 Å². The van der Waals surface area contributed by atoms with E-state index < -0.39 is 4.92 Å². The predicted molar refractivity (Wildman–Crippen MR) is 72.2 cm³/mol. The van der Waals surface area contributed by atoms with Crippen molar-refractivity contribution in [1.82, 2.24) is 5.32 Å². The van der Waals surface area contributed by atoms with E-state index in [1.54, 1.807) is 18.2 Å². The maximum absolute atomic E-state index is 10.8. The molecule has 0 heterocycles. The zero-order valence-electron chi connectivity index (χ0n) is 9.98. The summed E-state index contributed by atoms with van der Waals surface area (Å²) in [5.41, 5.74) is 0.206. The Morgan fingerprint density at radius 1 is 1.35 bits per heavy atom. The third-order valence-electron chi connectivity index (χ3n) is 1.84. The molecule has 1 aromatic rings. The summed E-state index contributed by atoms with van der Waals surface area (Å²) >= 11 is 5.09. The molecule has 0 atom stereocenters. The lowest BCUT2D eigenvalue weighted by Crippen LogP contribution is -2.43. The molecular weight excluding hydrogens is 238 g/mol. The number of nitro groups is 1. The summed E-state index contributed by atoms with van der Waals surface area (Å²) in [5, 5.41) is 17.0. The first kappa shape index (κ1) is 13.4. The number of para-hydroxylation sites is 2. The molecule has 0 spiro atoms. The average molecular weight is 253 g/mol. The Kier molecular flexibility index (Phi) is 4.01. The second-order valence-electron chi connectivity index (χ2n) is 4.60. The first-order valence-electron chi connectivity index (χ1n) is 5.12. The van der Waals surface area contributed by atoms with Crippen LogP contribution in [0.1, 0.15) is 20.8 Å². The highest BCUT2D eigenvalue weighted by Crippen LogP contribution is 2.23. The number of nitro benzene ring substituents is 1. The van der Waals surface area contributed by atoms with Gasteiger partial charge in [0.1, 0.15) is 5.69 Å². The zero-order chi connectivity index (χ0) is 13.1. The summed E-state index contributed by atoms with van der Waals surface area (Å²) in [4.78, 5) is 10.3. The van der Waals surface area contributed by atoms with Gasteiger partial charge in [-0.3, -0.25) is 10.1 Å². The molecule has 0 aromatic heterocycles. The molecule has 0 bridgehead atoms. The van der Waals surface area contributed by atoms with E-state index in [9.17, 15) is 10.1 Å². The highest BCUT2D eigenvalue weighted by molar-refractivity contribution is 7.80. The Bertz CT molecular complexity index is 441. The van der Waals surface area contributed by atoms with Crippen molar-refractivity contribution < 1.29 is 4.92 Å². The molecule has 0 fully saturated rings. The van der Waals surface area contributed by atoms with E-state index in [0.717, 1.165) is 0 Å². The molecule has 0 aliphatic rings. The van der Waals surface area contributed by atoms with Crippen LogP contribution in [-0.4, -0.2) is 15.6 Å². The lowest BCUT2D eigenvalue weighted by atomic mass is 10.1. The summed E-state index contributed by atoms with van der Waals surface area (Å²) in [6.45, 7) is 5.88. The number of anilines is 1. The van der Waals surface area contributed by atoms with Crippen molar-refractivity contribution in [1.29, 1.82) is 0 Å². The molecule has 17 heavy (non-hydrogen) atoms. The molecule has 0 aliphatic heterocycles. The molecule has 1 rings (SSSR count). The van der Waals surface area contributed by atoms with E-state index in [1.807, 2.05) is 20.8 Å². The van der Waals surface area contributed by atoms with Crippen LogP contribution in [-0.2, 0) is 0 Å². The van der Waals surface area contributed by atoms with Crippen LogP contribution in [0.2, 0.25) is 0 Å². The Morgan fingerprint density at radius 2 is 1.94 bits per heavy atom. The predicted octanol–water partition coefficient (Wildman–Crippen LogP) is 2.68. The van der Waals surface area contributed by atoms with Gasteiger partial charge in [0.05, 0.1) is 4.92 Å². The van der Waals surface area contributed by atoms with Crippen molar-refractivity contribution in [3.05, 3.63) is 34.4 Å². The summed E-state index contributed by atoms with van der Waals surface area (Å²) in [6.07, 6.45) is 0. The van der Waals surface area contributed by atoms with Gasteiger partial charge in [-0.2, -0.15) is 0 Å². The van der Waals surface area contributed by atoms with Crippen molar-refractivity contribution in [2.24, 2.45) is 0 Å². The first-order valence-corrected chi connectivity index (χ1v) is 5.53. The minimum atomic E-state index is -0.442. The highest BCUT2D eigenvalue weighted by Gasteiger charge is 2.15. The second kappa shape index (κ2) is 5.09. The van der Waals surface area contributed by atoms with Crippen molar-refractivity contribution in [2.45, 2.75) is 26.3 Å². The number of thiocarbonyl (C=S) groups is 1. The normalized spacial score (nSPS) is 10.8. The molecule has 5 nitrogen and oxygen atoms in total. The summed E-state index contributed by atoms with van der Waals surface area (Å²) in [7, 11) is 0. The van der Waals surface area contributed by atoms with Crippen LogP contribution in [0.25, 0.3) is 0 Å². The maximum Gasteiger partial charge on any atom is 0.292 e. The molecule has 2 N–H and O–H groups in total. The molecule has 0 unspecified atom stereocenters. The molecule has 0 saturated heterocycles. The van der Waals surface area contributed by atoms with Crippen LogP contribution >= 0.6 is 12.2 Å². The van der Waals surface area contributed by atoms with Crippen molar-refractivity contribution >= 4 is 28.7 Å². The lowest BCUT2D eigenvalue weighted by Gasteiger charge is -2.22. The topological polar surface area (TPSA) is 67.2 Å². The van der Waals surface area contributed by atoms with Gasteiger partial charge in [0.2, 0.25) is 0 Å². The number of hydrogen-bond acceptors (Lipinski definition) is 3. The molecule has 0 radical (unpaired) electrons. The van der Waals surface area contributed by atoms with E-state index in [2.05, 4.69) is 10.6 Å². The quantitative estimate of drug-likeness (QED) is 0.482. The van der Waals surface area contributed by atoms with E-state index in [0.29, 0.717) is 10.8 Å². The van der Waals surface area contributed by atoms with Gasteiger partial charge in [0.15, 0.2) is 5.11 Å². The van der Waals surface area contributed by atoms with Gasteiger partial charge < -0.3 is 10.6 Å². The molecule has 0 amide bonds. The van der Waals surface area contributed by atoms with Gasteiger partial charge >= 0.3 is 0 Å². The fourth-order valence-corrected chi connectivity index (χ4v) is 1.65. The molecule has 1 aromatic carbocycles. The molecular formula is C11H15N3O2S. The third-order valence-corrected chi connectivity index (χ3v) is 2.04. The largest absolute Gasteiger partial charge is 0.358 e. The van der Waals surface area contributed by atoms with Crippen LogP contribution in [0.4, 0.5) is 11.4 Å². The van der Waals surface area contributed by atoms with Gasteiger partial charge in [-0.15, -0.1) is 0 Å². The summed E-state index contributed by atoms with van der Waals surface area (Å²) in [6, 6.07) is 6.38. The fraction of sp³-hybridized carbons (Fsp3) is 0.364. The highest BCUT2D eigenvalue weighted by atomic mass is 32.1. The van der Waals surface area contributed by atoms with Crippen LogP contribution in [0.3, 0.4) is 0 Å². The van der Waals surface area contributed by atoms with E-state index >= 15 is 0 Å². The smallest absolute Gasteiger partial charge is 0.292 e. The second-order valence-corrected chi connectivity index (χ2v) is 5.01. The number of benzene rings is 1. The molecule has 0 aliphatic carbocycles. The lowest BCUT2D eigenvalue weighted by molar-refractivity contribution is -0.383. The first-order chi connectivity index (χ1) is 7.79. The van der Waals surface area contributed by atoms with Crippen LogP contribution in [0.15, 0.2) is 24.3 Å². The van der Waals surface area contributed by atoms with E-state index in [4.69, 9.17) is 12.2 Å². The third kappa shape index (κ3) is 4.36. The SMILES string of the molecule is CC(C)(C)NC(=S)Nc1ccccc1[N+](=O)[O-]. The Morgan fingerprint density at radius 3 is 2.47 bits per heavy atom. The van der Waals surface area contributed by atoms with Gasteiger partial charge in [0, 0.05) is 11.6 Å². The average Bonchev–Trinajstić information content (AvgIpc) is 2.14. The van der Waals surface area contributed by atoms with E-state index in [1.165, 1.54) is 6.07 Å². The van der Waals surface area contributed by atoms with Crippen LogP contribution < -0.4 is 10.6 Å². The zero-order valence-corrected chi connectivity index (χ0v) is 10.8. The Balaban J connectivity index is 2.82. The minimum Gasteiger partial charge on any atom is -0.358 e. The Labute approximate surface area is 105 Å². The standard InChI is InChI=1S/C11H15N3O2S/c1-11(2,3)13-10(17)12-8-6-4-5-7-9(8)14(15)16/h4-7H,1-3H3,(H2,12,13,17). The molecule has 0 saturated carbocycles. The number of nitrogens with zero attached hydrogens (tertiary/aromatic N) is 1. The van der Waals surface area contributed by atoms with Crippen molar-refractivity contribution in [2.75, 3.05) is 5.32 Å². The molecule has 92 valence electrons. The van der Waals surface area contributed by atoms with Gasteiger partial charge in [-0.25, -0.2) is 0 Å². The maximum atomic E-state index is 10.8. The van der Waals surface area contributed by atoms with Gasteiger partial charge in [-0.1, -0.05) is 12.1 Å². The van der Waals surface area contributed by atoms with Gasteiger partial charge in [-0.05, 0) is 39.1 Å².